The number of guanidine groups is 1. The van der Waals surface area contributed by atoms with Crippen molar-refractivity contribution in [3.05, 3.63) is 45.4 Å². The second-order valence-corrected chi connectivity index (χ2v) is 10.8. The van der Waals surface area contributed by atoms with Crippen LogP contribution in [0, 0.1) is 6.92 Å². The molecule has 2 rings (SSSR count). The van der Waals surface area contributed by atoms with Crippen LogP contribution in [0.5, 0.6) is 0 Å². The van der Waals surface area contributed by atoms with Crippen LogP contribution >= 0.6 is 11.3 Å². The molecule has 0 aliphatic heterocycles. The fraction of sp³-hybridized carbons (Fsp3) is 0.500. The number of aryl methyl sites for hydroxylation is 1. The molecule has 0 spiro atoms. The van der Waals surface area contributed by atoms with Crippen molar-refractivity contribution in [2.75, 3.05) is 19.8 Å². The van der Waals surface area contributed by atoms with Gasteiger partial charge in [0, 0.05) is 43.6 Å². The molecule has 2 N–H and O–H groups in total. The summed E-state index contributed by atoms with van der Waals surface area (Å²) in [6.07, 6.45) is 2.07. The molecular formula is C20H30N4O2S2. The first-order valence-electron chi connectivity index (χ1n) is 9.19. The maximum atomic E-state index is 11.7. The number of hydrogen-bond donors (Lipinski definition) is 2. The largest absolute Gasteiger partial charge is 0.356 e. The molecule has 0 saturated carbocycles. The quantitative estimate of drug-likeness (QED) is 0.552. The van der Waals surface area contributed by atoms with Crippen LogP contribution < -0.4 is 10.6 Å². The molecule has 0 atom stereocenters. The van der Waals surface area contributed by atoms with Crippen LogP contribution in [0.1, 0.15) is 42.6 Å². The molecule has 154 valence electrons. The Morgan fingerprint density at radius 1 is 1.25 bits per heavy atom. The average Bonchev–Trinajstić information content (AvgIpc) is 3.06. The van der Waals surface area contributed by atoms with Crippen LogP contribution in [0.15, 0.2) is 33.5 Å². The minimum absolute atomic E-state index is 0.0740. The molecule has 0 radical (unpaired) electrons. The number of rotatable bonds is 6. The number of nitrogens with one attached hydrogen (secondary N) is 2. The second kappa shape index (κ2) is 9.05. The van der Waals surface area contributed by atoms with Crippen LogP contribution in [-0.4, -0.2) is 39.2 Å². The molecule has 0 aliphatic rings. The van der Waals surface area contributed by atoms with Gasteiger partial charge in [-0.1, -0.05) is 32.9 Å². The van der Waals surface area contributed by atoms with E-state index in [0.717, 1.165) is 34.8 Å². The number of benzene rings is 1. The fourth-order valence-corrected chi connectivity index (χ4v) is 4.69. The molecule has 0 aliphatic carbocycles. The van der Waals surface area contributed by atoms with Crippen LogP contribution in [0.4, 0.5) is 0 Å². The Bertz CT molecular complexity index is 941. The zero-order valence-electron chi connectivity index (χ0n) is 17.5. The van der Waals surface area contributed by atoms with E-state index in [9.17, 15) is 8.42 Å². The minimum Gasteiger partial charge on any atom is -0.356 e. The van der Waals surface area contributed by atoms with E-state index in [-0.39, 0.29) is 5.41 Å². The van der Waals surface area contributed by atoms with Crippen molar-refractivity contribution < 1.29 is 8.42 Å². The molecule has 8 heteroatoms. The maximum Gasteiger partial charge on any atom is 0.191 e. The first-order chi connectivity index (χ1) is 13.0. The van der Waals surface area contributed by atoms with E-state index < -0.39 is 9.84 Å². The van der Waals surface area contributed by atoms with Crippen molar-refractivity contribution in [3.63, 3.8) is 0 Å². The number of hydrogen-bond acceptors (Lipinski definition) is 5. The van der Waals surface area contributed by atoms with Gasteiger partial charge in [0.2, 0.25) is 0 Å². The Balaban J connectivity index is 1.86. The molecule has 6 nitrogen and oxygen atoms in total. The third-order valence-corrected chi connectivity index (χ3v) is 6.44. The number of aliphatic imine (C=N–C) groups is 1. The standard InChI is InChI=1S/C20H30N4O2S2/c1-14-11-15(7-8-16(14)28(6,25)26)12-23-19(21-5)22-10-9-18-24-17(13-27-18)20(2,3)4/h7-8,11,13H,9-10,12H2,1-6H3,(H2,21,22,23). The molecule has 0 fully saturated rings. The lowest BCUT2D eigenvalue weighted by Crippen LogP contribution is -2.37. The van der Waals surface area contributed by atoms with Gasteiger partial charge in [-0.25, -0.2) is 13.4 Å². The van der Waals surface area contributed by atoms with Gasteiger partial charge in [-0.15, -0.1) is 11.3 Å². The molecule has 1 aromatic carbocycles. The van der Waals surface area contributed by atoms with Gasteiger partial charge in [0.05, 0.1) is 15.6 Å². The van der Waals surface area contributed by atoms with Gasteiger partial charge < -0.3 is 10.6 Å². The Morgan fingerprint density at radius 2 is 1.96 bits per heavy atom. The van der Waals surface area contributed by atoms with Gasteiger partial charge in [-0.05, 0) is 24.1 Å². The molecule has 0 amide bonds. The molecule has 1 heterocycles. The third-order valence-electron chi connectivity index (χ3n) is 4.27. The normalized spacial score (nSPS) is 12.9. The lowest BCUT2D eigenvalue weighted by atomic mass is 9.93. The van der Waals surface area contributed by atoms with E-state index in [2.05, 4.69) is 41.8 Å². The number of aromatic nitrogens is 1. The smallest absolute Gasteiger partial charge is 0.191 e. The SMILES string of the molecule is CN=C(NCCc1nc(C(C)(C)C)cs1)NCc1ccc(S(C)(=O)=O)c(C)c1. The molecule has 2 aromatic rings. The summed E-state index contributed by atoms with van der Waals surface area (Å²) in [6, 6.07) is 5.38. The van der Waals surface area contributed by atoms with Crippen LogP contribution in [-0.2, 0) is 28.2 Å². The van der Waals surface area contributed by atoms with E-state index in [1.54, 1.807) is 24.5 Å². The van der Waals surface area contributed by atoms with Gasteiger partial charge in [-0.3, -0.25) is 4.99 Å². The summed E-state index contributed by atoms with van der Waals surface area (Å²) < 4.78 is 23.4. The lowest BCUT2D eigenvalue weighted by molar-refractivity contribution is 0.570. The van der Waals surface area contributed by atoms with E-state index in [0.29, 0.717) is 17.4 Å². The number of sulfone groups is 1. The topological polar surface area (TPSA) is 83.4 Å². The van der Waals surface area contributed by atoms with Gasteiger partial charge >= 0.3 is 0 Å². The zero-order valence-corrected chi connectivity index (χ0v) is 19.1. The molecular weight excluding hydrogens is 392 g/mol. The summed E-state index contributed by atoms with van der Waals surface area (Å²) in [4.78, 5) is 9.32. The lowest BCUT2D eigenvalue weighted by Gasteiger charge is -2.14. The van der Waals surface area contributed by atoms with Crippen molar-refractivity contribution in [2.45, 2.75) is 51.0 Å². The summed E-state index contributed by atoms with van der Waals surface area (Å²) in [5, 5.41) is 9.80. The minimum atomic E-state index is -3.19. The number of thiazole rings is 1. The van der Waals surface area contributed by atoms with Gasteiger partial charge in [0.1, 0.15) is 0 Å². The number of nitrogens with zero attached hydrogens (tertiary/aromatic N) is 2. The Kier molecular flexibility index (Phi) is 7.22. The highest BCUT2D eigenvalue weighted by atomic mass is 32.2. The van der Waals surface area contributed by atoms with Crippen molar-refractivity contribution in [1.29, 1.82) is 0 Å². The Labute approximate surface area is 172 Å². The summed E-state index contributed by atoms with van der Waals surface area (Å²) >= 11 is 1.69. The van der Waals surface area contributed by atoms with Crippen LogP contribution in [0.25, 0.3) is 0 Å². The van der Waals surface area contributed by atoms with E-state index in [4.69, 9.17) is 4.98 Å². The Morgan fingerprint density at radius 3 is 2.50 bits per heavy atom. The molecule has 0 unspecified atom stereocenters. The molecule has 1 aromatic heterocycles. The van der Waals surface area contributed by atoms with Gasteiger partial charge in [0.15, 0.2) is 15.8 Å². The Hall–Kier alpha value is -1.93. The van der Waals surface area contributed by atoms with E-state index >= 15 is 0 Å². The predicted octanol–water partition coefficient (Wildman–Crippen LogP) is 3.06. The van der Waals surface area contributed by atoms with Crippen LogP contribution in [0.2, 0.25) is 0 Å². The summed E-state index contributed by atoms with van der Waals surface area (Å²) in [7, 11) is -1.46. The zero-order chi connectivity index (χ0) is 20.9. The maximum absolute atomic E-state index is 11.7. The average molecular weight is 423 g/mol. The highest BCUT2D eigenvalue weighted by Gasteiger charge is 2.17. The van der Waals surface area contributed by atoms with Crippen molar-refractivity contribution in [1.82, 2.24) is 15.6 Å². The van der Waals surface area contributed by atoms with Gasteiger partial charge in [0.25, 0.3) is 0 Å². The van der Waals surface area contributed by atoms with E-state index in [1.165, 1.54) is 6.26 Å². The van der Waals surface area contributed by atoms with Crippen molar-refractivity contribution >= 4 is 27.1 Å². The summed E-state index contributed by atoms with van der Waals surface area (Å²) in [6.45, 7) is 9.62. The summed E-state index contributed by atoms with van der Waals surface area (Å²) in [5.41, 5.74) is 2.96. The predicted molar refractivity (Wildman–Crippen MR) is 117 cm³/mol. The monoisotopic (exact) mass is 422 g/mol. The van der Waals surface area contributed by atoms with E-state index in [1.807, 2.05) is 19.1 Å². The first kappa shape index (κ1) is 22.4. The highest BCUT2D eigenvalue weighted by Crippen LogP contribution is 2.23. The molecule has 0 saturated heterocycles. The van der Waals surface area contributed by atoms with Gasteiger partial charge in [-0.2, -0.15) is 0 Å². The summed E-state index contributed by atoms with van der Waals surface area (Å²) in [5.74, 6) is 0.706. The highest BCUT2D eigenvalue weighted by molar-refractivity contribution is 7.90. The second-order valence-electron chi connectivity index (χ2n) is 7.85. The first-order valence-corrected chi connectivity index (χ1v) is 12.0. The fourth-order valence-electron chi connectivity index (χ4n) is 2.70. The molecule has 0 bridgehead atoms. The van der Waals surface area contributed by atoms with Crippen molar-refractivity contribution in [3.8, 4) is 0 Å². The van der Waals surface area contributed by atoms with Crippen molar-refractivity contribution in [2.24, 2.45) is 4.99 Å². The third kappa shape index (κ3) is 6.31. The molecule has 28 heavy (non-hydrogen) atoms. The van der Waals surface area contributed by atoms with Crippen LogP contribution in [0.3, 0.4) is 0 Å².